The molecule has 2 aromatic carbocycles. The summed E-state index contributed by atoms with van der Waals surface area (Å²) >= 11 is 0. The van der Waals surface area contributed by atoms with Gasteiger partial charge in [-0.3, -0.25) is 0 Å². The third kappa shape index (κ3) is 4.05. The lowest BCUT2D eigenvalue weighted by molar-refractivity contribution is 0.355. The summed E-state index contributed by atoms with van der Waals surface area (Å²) in [6.07, 6.45) is 1.69. The van der Waals surface area contributed by atoms with Gasteiger partial charge < -0.3 is 25.0 Å². The van der Waals surface area contributed by atoms with Crippen LogP contribution in [-0.2, 0) is 0 Å². The highest BCUT2D eigenvalue weighted by Gasteiger charge is 2.22. The van der Waals surface area contributed by atoms with Crippen LogP contribution in [0.1, 0.15) is 0 Å². The SMILES string of the molecule is COc1ccc(-c2cnc3nc(N)nc(N4CCN(c5ccccc5)CC4)c3n2)cc1OC. The van der Waals surface area contributed by atoms with Crippen molar-refractivity contribution >= 4 is 28.6 Å². The first kappa shape index (κ1) is 20.7. The number of nitrogen functional groups attached to an aromatic ring is 1. The number of anilines is 3. The van der Waals surface area contributed by atoms with E-state index in [4.69, 9.17) is 20.2 Å². The van der Waals surface area contributed by atoms with Crippen molar-refractivity contribution in [3.05, 3.63) is 54.7 Å². The molecular formula is C24H25N7O2. The van der Waals surface area contributed by atoms with Gasteiger partial charge in [-0.2, -0.15) is 9.97 Å². The molecule has 1 fully saturated rings. The zero-order chi connectivity index (χ0) is 22.8. The van der Waals surface area contributed by atoms with E-state index < -0.39 is 0 Å². The van der Waals surface area contributed by atoms with E-state index >= 15 is 0 Å². The van der Waals surface area contributed by atoms with E-state index in [1.807, 2.05) is 24.3 Å². The smallest absolute Gasteiger partial charge is 0.224 e. The van der Waals surface area contributed by atoms with E-state index in [1.165, 1.54) is 5.69 Å². The quantitative estimate of drug-likeness (QED) is 0.498. The monoisotopic (exact) mass is 443 g/mol. The van der Waals surface area contributed by atoms with Crippen molar-refractivity contribution in [3.8, 4) is 22.8 Å². The van der Waals surface area contributed by atoms with Crippen LogP contribution >= 0.6 is 0 Å². The Morgan fingerprint density at radius 1 is 0.818 bits per heavy atom. The second-order valence-electron chi connectivity index (χ2n) is 7.71. The summed E-state index contributed by atoms with van der Waals surface area (Å²) in [7, 11) is 3.22. The standard InChI is InChI=1S/C24H25N7O2/c1-32-19-9-8-16(14-20(19)33-2)18-15-26-22-21(27-18)23(29-24(25)28-22)31-12-10-30(11-13-31)17-6-4-3-5-7-17/h3-9,14-15H,10-13H2,1-2H3,(H2,25,26,28,29). The average Bonchev–Trinajstić information content (AvgIpc) is 2.88. The molecule has 1 aliphatic heterocycles. The van der Waals surface area contributed by atoms with Gasteiger partial charge in [-0.15, -0.1) is 0 Å². The summed E-state index contributed by atoms with van der Waals surface area (Å²) in [5.74, 6) is 2.18. The van der Waals surface area contributed by atoms with Gasteiger partial charge in [0, 0.05) is 37.4 Å². The van der Waals surface area contributed by atoms with Crippen LogP contribution in [0.15, 0.2) is 54.7 Å². The maximum atomic E-state index is 6.01. The van der Waals surface area contributed by atoms with Gasteiger partial charge in [0.1, 0.15) is 0 Å². The lowest BCUT2D eigenvalue weighted by Gasteiger charge is -2.36. The molecule has 2 N–H and O–H groups in total. The number of nitrogens with zero attached hydrogens (tertiary/aromatic N) is 6. The first-order chi connectivity index (χ1) is 16.2. The molecule has 9 nitrogen and oxygen atoms in total. The molecular weight excluding hydrogens is 418 g/mol. The minimum absolute atomic E-state index is 0.191. The fourth-order valence-corrected chi connectivity index (χ4v) is 4.08. The van der Waals surface area contributed by atoms with Crippen LogP contribution in [0.2, 0.25) is 0 Å². The van der Waals surface area contributed by atoms with E-state index in [2.05, 4.69) is 49.0 Å². The predicted octanol–water partition coefficient (Wildman–Crippen LogP) is 3.01. The van der Waals surface area contributed by atoms with Crippen molar-refractivity contribution in [3.63, 3.8) is 0 Å². The fourth-order valence-electron chi connectivity index (χ4n) is 4.08. The molecule has 0 aliphatic carbocycles. The second kappa shape index (κ2) is 8.78. The number of hydrogen-bond acceptors (Lipinski definition) is 9. The Labute approximate surface area is 191 Å². The molecule has 3 heterocycles. The zero-order valence-corrected chi connectivity index (χ0v) is 18.6. The maximum absolute atomic E-state index is 6.01. The number of para-hydroxylation sites is 1. The lowest BCUT2D eigenvalue weighted by Crippen LogP contribution is -2.47. The topological polar surface area (TPSA) is 103 Å². The Morgan fingerprint density at radius 2 is 1.55 bits per heavy atom. The summed E-state index contributed by atoms with van der Waals surface area (Å²) in [4.78, 5) is 22.8. The molecule has 5 rings (SSSR count). The zero-order valence-electron chi connectivity index (χ0n) is 18.6. The molecule has 9 heteroatoms. The van der Waals surface area contributed by atoms with Crippen LogP contribution in [-0.4, -0.2) is 60.3 Å². The number of methoxy groups -OCH3 is 2. The van der Waals surface area contributed by atoms with Crippen LogP contribution in [0.3, 0.4) is 0 Å². The summed E-state index contributed by atoms with van der Waals surface area (Å²) in [6, 6.07) is 16.1. The highest BCUT2D eigenvalue weighted by molar-refractivity contribution is 5.86. The number of benzene rings is 2. The summed E-state index contributed by atoms with van der Waals surface area (Å²) in [5, 5.41) is 0. The predicted molar refractivity (Wildman–Crippen MR) is 129 cm³/mol. The van der Waals surface area contributed by atoms with Crippen molar-refractivity contribution in [2.45, 2.75) is 0 Å². The van der Waals surface area contributed by atoms with Gasteiger partial charge in [-0.25, -0.2) is 9.97 Å². The highest BCUT2D eigenvalue weighted by Crippen LogP contribution is 2.33. The molecule has 0 unspecified atom stereocenters. The lowest BCUT2D eigenvalue weighted by atomic mass is 10.1. The normalized spacial score (nSPS) is 13.9. The largest absolute Gasteiger partial charge is 0.493 e. The molecule has 0 atom stereocenters. The Hall–Kier alpha value is -4.14. The molecule has 2 aromatic heterocycles. The van der Waals surface area contributed by atoms with E-state index in [0.717, 1.165) is 31.7 Å². The van der Waals surface area contributed by atoms with Crippen LogP contribution in [0.5, 0.6) is 11.5 Å². The number of ether oxygens (including phenoxy) is 2. The molecule has 0 spiro atoms. The number of aromatic nitrogens is 4. The molecule has 1 aliphatic rings. The van der Waals surface area contributed by atoms with Crippen molar-refractivity contribution in [1.29, 1.82) is 0 Å². The van der Waals surface area contributed by atoms with Crippen LogP contribution < -0.4 is 25.0 Å². The number of nitrogens with two attached hydrogens (primary N) is 1. The molecule has 0 amide bonds. The molecule has 33 heavy (non-hydrogen) atoms. The van der Waals surface area contributed by atoms with Gasteiger partial charge in [0.05, 0.1) is 26.1 Å². The molecule has 0 saturated carbocycles. The van der Waals surface area contributed by atoms with E-state index in [-0.39, 0.29) is 5.95 Å². The van der Waals surface area contributed by atoms with Crippen LogP contribution in [0.4, 0.5) is 17.5 Å². The number of rotatable bonds is 5. The first-order valence-electron chi connectivity index (χ1n) is 10.7. The van der Waals surface area contributed by atoms with Gasteiger partial charge >= 0.3 is 0 Å². The minimum Gasteiger partial charge on any atom is -0.493 e. The Bertz CT molecular complexity index is 1270. The van der Waals surface area contributed by atoms with E-state index in [9.17, 15) is 0 Å². The van der Waals surface area contributed by atoms with Gasteiger partial charge in [-0.05, 0) is 30.3 Å². The molecule has 0 radical (unpaired) electrons. The van der Waals surface area contributed by atoms with Gasteiger partial charge in [0.2, 0.25) is 5.95 Å². The average molecular weight is 444 g/mol. The number of fused-ring (bicyclic) bond motifs is 1. The number of hydrogen-bond donors (Lipinski definition) is 1. The summed E-state index contributed by atoms with van der Waals surface area (Å²) < 4.78 is 10.8. The molecule has 1 saturated heterocycles. The van der Waals surface area contributed by atoms with Gasteiger partial charge in [0.15, 0.2) is 28.5 Å². The second-order valence-corrected chi connectivity index (χ2v) is 7.71. The third-order valence-corrected chi connectivity index (χ3v) is 5.79. The van der Waals surface area contributed by atoms with Gasteiger partial charge in [0.25, 0.3) is 0 Å². The molecule has 168 valence electrons. The van der Waals surface area contributed by atoms with E-state index in [0.29, 0.717) is 34.2 Å². The Kier molecular flexibility index (Phi) is 5.52. The molecule has 0 bridgehead atoms. The van der Waals surface area contributed by atoms with Crippen molar-refractivity contribution in [1.82, 2.24) is 19.9 Å². The Morgan fingerprint density at radius 3 is 2.27 bits per heavy atom. The first-order valence-corrected chi connectivity index (χ1v) is 10.7. The van der Waals surface area contributed by atoms with Crippen molar-refractivity contribution in [2.75, 3.05) is 55.9 Å². The van der Waals surface area contributed by atoms with Crippen molar-refractivity contribution in [2.24, 2.45) is 0 Å². The fraction of sp³-hybridized carbons (Fsp3) is 0.250. The summed E-state index contributed by atoms with van der Waals surface area (Å²) in [6.45, 7) is 3.34. The maximum Gasteiger partial charge on any atom is 0.224 e. The van der Waals surface area contributed by atoms with Gasteiger partial charge in [-0.1, -0.05) is 18.2 Å². The number of piperazine rings is 1. The summed E-state index contributed by atoms with van der Waals surface area (Å²) in [5.41, 5.74) is 9.90. The van der Waals surface area contributed by atoms with E-state index in [1.54, 1.807) is 20.4 Å². The van der Waals surface area contributed by atoms with Crippen LogP contribution in [0, 0.1) is 0 Å². The molecule has 4 aromatic rings. The third-order valence-electron chi connectivity index (χ3n) is 5.79. The van der Waals surface area contributed by atoms with Crippen molar-refractivity contribution < 1.29 is 9.47 Å². The minimum atomic E-state index is 0.191. The Balaban J connectivity index is 1.48. The highest BCUT2D eigenvalue weighted by atomic mass is 16.5. The van der Waals surface area contributed by atoms with Crippen LogP contribution in [0.25, 0.3) is 22.4 Å².